The maximum Gasteiger partial charge on any atom is 0.224 e. The summed E-state index contributed by atoms with van der Waals surface area (Å²) in [4.78, 5) is 23.7. The third-order valence-corrected chi connectivity index (χ3v) is 4.83. The second-order valence-electron chi connectivity index (χ2n) is 6.78. The first kappa shape index (κ1) is 19.4. The first-order valence-electron chi connectivity index (χ1n) is 9.07. The van der Waals surface area contributed by atoms with Crippen LogP contribution in [0.3, 0.4) is 0 Å². The van der Waals surface area contributed by atoms with E-state index in [1.54, 1.807) is 25.3 Å². The van der Waals surface area contributed by atoms with Gasteiger partial charge in [0.05, 0.1) is 26.2 Å². The van der Waals surface area contributed by atoms with E-state index in [1.807, 2.05) is 0 Å². The van der Waals surface area contributed by atoms with Gasteiger partial charge in [-0.2, -0.15) is 0 Å². The van der Waals surface area contributed by atoms with Crippen LogP contribution in [0.5, 0.6) is 5.75 Å². The molecule has 1 N–H and O–H groups in total. The number of hydrogen-bond acceptors (Lipinski definition) is 4. The molecule has 0 saturated heterocycles. The maximum absolute atomic E-state index is 12.2. The van der Waals surface area contributed by atoms with Gasteiger partial charge in [-0.25, -0.2) is 0 Å². The number of nitrogens with one attached hydrogen (secondary N) is 1. The van der Waals surface area contributed by atoms with Gasteiger partial charge in [0.15, 0.2) is 5.78 Å². The Morgan fingerprint density at radius 1 is 1.24 bits per heavy atom. The standard InChI is InChI=1S/C20H29NO4/c1-14-6-4-5-7-18(14)25-11-10-21-20(23)13-17-12-16(15(2)22)8-9-19(17)24-3/h8-9,12,14,18H,4-7,10-11,13H2,1-3H3,(H,21,23)/t14-,18-/m1/s1. The van der Waals surface area contributed by atoms with Gasteiger partial charge < -0.3 is 14.8 Å². The molecule has 138 valence electrons. The molecule has 1 aliphatic rings. The second kappa shape index (κ2) is 9.56. The van der Waals surface area contributed by atoms with Gasteiger partial charge in [-0.15, -0.1) is 0 Å². The van der Waals surface area contributed by atoms with E-state index in [0.29, 0.717) is 36.5 Å². The molecule has 1 aromatic carbocycles. The molecule has 0 radical (unpaired) electrons. The molecule has 0 aromatic heterocycles. The zero-order valence-electron chi connectivity index (χ0n) is 15.5. The highest BCUT2D eigenvalue weighted by atomic mass is 16.5. The molecule has 0 heterocycles. The Hall–Kier alpha value is -1.88. The fourth-order valence-electron chi connectivity index (χ4n) is 3.30. The van der Waals surface area contributed by atoms with Crippen LogP contribution < -0.4 is 10.1 Å². The van der Waals surface area contributed by atoms with Crippen molar-refractivity contribution in [3.05, 3.63) is 29.3 Å². The molecule has 1 fully saturated rings. The van der Waals surface area contributed by atoms with Crippen molar-refractivity contribution in [2.75, 3.05) is 20.3 Å². The molecule has 2 atom stereocenters. The van der Waals surface area contributed by atoms with Crippen LogP contribution in [0.25, 0.3) is 0 Å². The molecular formula is C20H29NO4. The molecule has 5 nitrogen and oxygen atoms in total. The number of benzene rings is 1. The summed E-state index contributed by atoms with van der Waals surface area (Å²) in [5, 5.41) is 2.88. The first-order chi connectivity index (χ1) is 12.0. The molecule has 0 spiro atoms. The summed E-state index contributed by atoms with van der Waals surface area (Å²) in [6, 6.07) is 5.16. The molecule has 2 rings (SSSR count). The number of hydrogen-bond donors (Lipinski definition) is 1. The summed E-state index contributed by atoms with van der Waals surface area (Å²) < 4.78 is 11.2. The Bertz CT molecular complexity index is 599. The highest BCUT2D eigenvalue weighted by Gasteiger charge is 2.21. The highest BCUT2D eigenvalue weighted by Crippen LogP contribution is 2.26. The number of Topliss-reactive ketones (excluding diaryl/α,β-unsaturated/α-hetero) is 1. The minimum absolute atomic E-state index is 0.0284. The van der Waals surface area contributed by atoms with Gasteiger partial charge >= 0.3 is 0 Å². The third kappa shape index (κ3) is 5.85. The summed E-state index contributed by atoms with van der Waals surface area (Å²) in [7, 11) is 1.56. The summed E-state index contributed by atoms with van der Waals surface area (Å²) in [6.45, 7) is 4.77. The molecule has 1 amide bonds. The van der Waals surface area contributed by atoms with Crippen LogP contribution in [0, 0.1) is 5.92 Å². The van der Waals surface area contributed by atoms with Crippen molar-refractivity contribution in [3.63, 3.8) is 0 Å². The second-order valence-corrected chi connectivity index (χ2v) is 6.78. The van der Waals surface area contributed by atoms with E-state index in [-0.39, 0.29) is 18.1 Å². The van der Waals surface area contributed by atoms with E-state index in [1.165, 1.54) is 26.2 Å². The summed E-state index contributed by atoms with van der Waals surface area (Å²) in [5.41, 5.74) is 1.30. The van der Waals surface area contributed by atoms with Crippen molar-refractivity contribution in [1.82, 2.24) is 5.32 Å². The predicted molar refractivity (Wildman–Crippen MR) is 97.1 cm³/mol. The van der Waals surface area contributed by atoms with E-state index < -0.39 is 0 Å². The molecule has 5 heteroatoms. The fraction of sp³-hybridized carbons (Fsp3) is 0.600. The van der Waals surface area contributed by atoms with Crippen molar-refractivity contribution in [2.45, 2.75) is 52.1 Å². The molecular weight excluding hydrogens is 318 g/mol. The van der Waals surface area contributed by atoms with Crippen LogP contribution in [-0.4, -0.2) is 38.1 Å². The van der Waals surface area contributed by atoms with Crippen LogP contribution in [0.1, 0.15) is 55.5 Å². The fourth-order valence-corrected chi connectivity index (χ4v) is 3.30. The summed E-state index contributed by atoms with van der Waals surface area (Å²) >= 11 is 0. The lowest BCUT2D eigenvalue weighted by Gasteiger charge is -2.28. The van der Waals surface area contributed by atoms with Crippen LogP contribution in [0.2, 0.25) is 0 Å². The zero-order valence-corrected chi connectivity index (χ0v) is 15.5. The SMILES string of the molecule is COc1ccc(C(C)=O)cc1CC(=O)NCCO[C@@H]1CCCC[C@H]1C. The lowest BCUT2D eigenvalue weighted by atomic mass is 9.88. The minimum atomic E-state index is -0.0979. The van der Waals surface area contributed by atoms with Crippen molar-refractivity contribution in [2.24, 2.45) is 5.92 Å². The molecule has 25 heavy (non-hydrogen) atoms. The molecule has 1 aromatic rings. The number of methoxy groups -OCH3 is 1. The highest BCUT2D eigenvalue weighted by molar-refractivity contribution is 5.94. The molecule has 1 saturated carbocycles. The quantitative estimate of drug-likeness (QED) is 0.579. The molecule has 0 unspecified atom stereocenters. The Morgan fingerprint density at radius 2 is 2.00 bits per heavy atom. The Labute approximate surface area is 150 Å². The van der Waals surface area contributed by atoms with Crippen molar-refractivity contribution in [3.8, 4) is 5.75 Å². The van der Waals surface area contributed by atoms with Gasteiger partial charge in [0, 0.05) is 17.7 Å². The summed E-state index contributed by atoms with van der Waals surface area (Å²) in [6.07, 6.45) is 5.36. The maximum atomic E-state index is 12.2. The van der Waals surface area contributed by atoms with Gasteiger partial charge in [-0.05, 0) is 43.9 Å². The Morgan fingerprint density at radius 3 is 2.68 bits per heavy atom. The first-order valence-corrected chi connectivity index (χ1v) is 9.07. The number of carbonyl (C=O) groups excluding carboxylic acids is 2. The van der Waals surface area contributed by atoms with Gasteiger partial charge in [0.1, 0.15) is 5.75 Å². The average molecular weight is 347 g/mol. The number of ether oxygens (including phenoxy) is 2. The van der Waals surface area contributed by atoms with Gasteiger partial charge in [0.25, 0.3) is 0 Å². The van der Waals surface area contributed by atoms with Crippen LogP contribution in [0.4, 0.5) is 0 Å². The number of carbonyl (C=O) groups is 2. The molecule has 1 aliphatic carbocycles. The lowest BCUT2D eigenvalue weighted by Crippen LogP contribution is -2.32. The zero-order chi connectivity index (χ0) is 18.2. The normalized spacial score (nSPS) is 20.1. The Kier molecular flexibility index (Phi) is 7.44. The van der Waals surface area contributed by atoms with E-state index in [9.17, 15) is 9.59 Å². The lowest BCUT2D eigenvalue weighted by molar-refractivity contribution is -0.120. The van der Waals surface area contributed by atoms with Crippen molar-refractivity contribution >= 4 is 11.7 Å². The number of rotatable bonds is 8. The van der Waals surface area contributed by atoms with Gasteiger partial charge in [-0.3, -0.25) is 9.59 Å². The van der Waals surface area contributed by atoms with Crippen molar-refractivity contribution < 1.29 is 19.1 Å². The average Bonchev–Trinajstić information content (AvgIpc) is 2.60. The van der Waals surface area contributed by atoms with E-state index in [2.05, 4.69) is 12.2 Å². The number of ketones is 1. The summed E-state index contributed by atoms with van der Waals surface area (Å²) in [5.74, 6) is 1.09. The van der Waals surface area contributed by atoms with Gasteiger partial charge in [0.2, 0.25) is 5.91 Å². The smallest absolute Gasteiger partial charge is 0.224 e. The topological polar surface area (TPSA) is 64.6 Å². The van der Waals surface area contributed by atoms with Crippen LogP contribution in [-0.2, 0) is 16.0 Å². The minimum Gasteiger partial charge on any atom is -0.496 e. The van der Waals surface area contributed by atoms with Gasteiger partial charge in [-0.1, -0.05) is 19.8 Å². The number of amides is 1. The van der Waals surface area contributed by atoms with Crippen LogP contribution >= 0.6 is 0 Å². The largest absolute Gasteiger partial charge is 0.496 e. The van der Waals surface area contributed by atoms with E-state index in [0.717, 1.165) is 12.0 Å². The van der Waals surface area contributed by atoms with E-state index >= 15 is 0 Å². The molecule has 0 aliphatic heterocycles. The third-order valence-electron chi connectivity index (χ3n) is 4.83. The molecule has 0 bridgehead atoms. The Balaban J connectivity index is 1.79. The monoisotopic (exact) mass is 347 g/mol. The van der Waals surface area contributed by atoms with E-state index in [4.69, 9.17) is 9.47 Å². The predicted octanol–water partition coefficient (Wildman–Crippen LogP) is 3.15. The van der Waals surface area contributed by atoms with Crippen LogP contribution in [0.15, 0.2) is 18.2 Å². The van der Waals surface area contributed by atoms with Crippen molar-refractivity contribution in [1.29, 1.82) is 0 Å².